The van der Waals surface area contributed by atoms with Crippen LogP contribution in [0.4, 0.5) is 0 Å². The van der Waals surface area contributed by atoms with E-state index in [4.69, 9.17) is 14.2 Å². The summed E-state index contributed by atoms with van der Waals surface area (Å²) in [5, 5.41) is 9.30. The first kappa shape index (κ1) is 33.8. The highest BCUT2D eigenvalue weighted by Crippen LogP contribution is 2.17. The third-order valence-electron chi connectivity index (χ3n) is 5.44. The monoisotopic (exact) mass is 543 g/mol. The Kier molecular flexibility index (Phi) is 12.7. The standard InChI is InChI=1S/C27H49N3O8/c1-25(2,3)36-22(33)18-28-12-13-29(19-23(34)37-26(4,5)6)15-17-30(16-14-28)20(10-11-21(31)32)24(35)38-27(7,8)9/h20H,10-19H2,1-9H3,(H,31,32)/t20-/m0/s1. The van der Waals surface area contributed by atoms with Gasteiger partial charge >= 0.3 is 23.9 Å². The molecule has 1 aliphatic heterocycles. The Morgan fingerprint density at radius 1 is 0.658 bits per heavy atom. The minimum Gasteiger partial charge on any atom is -0.481 e. The molecule has 220 valence electrons. The number of hydrogen-bond donors (Lipinski definition) is 1. The number of esters is 3. The number of ether oxygens (including phenoxy) is 3. The van der Waals surface area contributed by atoms with Crippen molar-refractivity contribution in [2.24, 2.45) is 0 Å². The largest absolute Gasteiger partial charge is 0.481 e. The summed E-state index contributed by atoms with van der Waals surface area (Å²) in [5.74, 6) is -2.22. The van der Waals surface area contributed by atoms with Gasteiger partial charge in [0.05, 0.1) is 13.1 Å². The van der Waals surface area contributed by atoms with Crippen LogP contribution in [0.1, 0.15) is 75.2 Å². The molecule has 0 saturated carbocycles. The van der Waals surface area contributed by atoms with Gasteiger partial charge in [0.2, 0.25) is 0 Å². The lowest BCUT2D eigenvalue weighted by molar-refractivity contribution is -0.163. The SMILES string of the molecule is CC(C)(C)OC(=O)CN1CCN(CC(=O)OC(C)(C)C)CCN([C@@H](CCC(=O)O)C(=O)OC(C)(C)C)CC1. The molecule has 0 aliphatic carbocycles. The van der Waals surface area contributed by atoms with Gasteiger partial charge in [-0.1, -0.05) is 0 Å². The van der Waals surface area contributed by atoms with E-state index in [-0.39, 0.29) is 37.9 Å². The lowest BCUT2D eigenvalue weighted by Gasteiger charge is -2.33. The molecule has 0 aromatic rings. The molecule has 1 fully saturated rings. The van der Waals surface area contributed by atoms with Crippen LogP contribution < -0.4 is 0 Å². The van der Waals surface area contributed by atoms with E-state index in [9.17, 15) is 24.3 Å². The molecular weight excluding hydrogens is 494 g/mol. The summed E-state index contributed by atoms with van der Waals surface area (Å²) in [6.45, 7) is 19.0. The number of carboxylic acid groups (broad SMARTS) is 1. The second-order valence-electron chi connectivity index (χ2n) is 12.7. The average Bonchev–Trinajstić information content (AvgIpc) is 2.76. The quantitative estimate of drug-likeness (QED) is 0.340. The number of aliphatic carboxylic acids is 1. The molecule has 0 aromatic carbocycles. The minimum absolute atomic E-state index is 0.0532. The molecule has 0 unspecified atom stereocenters. The zero-order valence-electron chi connectivity index (χ0n) is 24.8. The van der Waals surface area contributed by atoms with E-state index in [1.807, 2.05) is 56.2 Å². The van der Waals surface area contributed by atoms with Gasteiger partial charge in [-0.3, -0.25) is 33.9 Å². The highest BCUT2D eigenvalue weighted by atomic mass is 16.6. The summed E-state index contributed by atoms with van der Waals surface area (Å²) < 4.78 is 16.6. The molecule has 1 aliphatic rings. The molecule has 0 amide bonds. The summed E-state index contributed by atoms with van der Waals surface area (Å²) in [6.07, 6.45) is -0.105. The van der Waals surface area contributed by atoms with Crippen molar-refractivity contribution >= 4 is 23.9 Å². The molecule has 1 heterocycles. The number of hydrogen-bond acceptors (Lipinski definition) is 10. The average molecular weight is 544 g/mol. The van der Waals surface area contributed by atoms with E-state index in [0.29, 0.717) is 39.3 Å². The molecule has 0 bridgehead atoms. The van der Waals surface area contributed by atoms with Crippen LogP contribution in [0.3, 0.4) is 0 Å². The highest BCUT2D eigenvalue weighted by molar-refractivity contribution is 5.77. The van der Waals surface area contributed by atoms with Crippen LogP contribution in [0.25, 0.3) is 0 Å². The van der Waals surface area contributed by atoms with Gasteiger partial charge in [0.1, 0.15) is 22.8 Å². The summed E-state index contributed by atoms with van der Waals surface area (Å²) in [7, 11) is 0. The molecular formula is C27H49N3O8. The molecule has 38 heavy (non-hydrogen) atoms. The fourth-order valence-corrected chi connectivity index (χ4v) is 3.98. The van der Waals surface area contributed by atoms with E-state index in [2.05, 4.69) is 0 Å². The Hall–Kier alpha value is -2.24. The fraction of sp³-hybridized carbons (Fsp3) is 0.852. The van der Waals surface area contributed by atoms with Crippen molar-refractivity contribution in [3.8, 4) is 0 Å². The van der Waals surface area contributed by atoms with E-state index in [1.165, 1.54) is 0 Å². The number of carboxylic acids is 1. The zero-order chi connectivity index (χ0) is 29.3. The van der Waals surface area contributed by atoms with Crippen molar-refractivity contribution < 1.29 is 38.5 Å². The maximum atomic E-state index is 13.2. The molecule has 0 spiro atoms. The van der Waals surface area contributed by atoms with Crippen LogP contribution in [-0.4, -0.2) is 119 Å². The summed E-state index contributed by atoms with van der Waals surface area (Å²) >= 11 is 0. The smallest absolute Gasteiger partial charge is 0.323 e. The first-order valence-electron chi connectivity index (χ1n) is 13.3. The Labute approximate surface area is 227 Å². The predicted molar refractivity (Wildman–Crippen MR) is 143 cm³/mol. The Morgan fingerprint density at radius 3 is 1.37 bits per heavy atom. The van der Waals surface area contributed by atoms with Crippen LogP contribution >= 0.6 is 0 Å². The molecule has 11 heteroatoms. The van der Waals surface area contributed by atoms with Gasteiger partial charge < -0.3 is 19.3 Å². The summed E-state index contributed by atoms with van der Waals surface area (Å²) in [4.78, 5) is 55.4. The molecule has 0 radical (unpaired) electrons. The van der Waals surface area contributed by atoms with Gasteiger partial charge in [-0.25, -0.2) is 0 Å². The van der Waals surface area contributed by atoms with Gasteiger partial charge in [0.25, 0.3) is 0 Å². The molecule has 1 atom stereocenters. The van der Waals surface area contributed by atoms with Crippen LogP contribution in [0, 0.1) is 0 Å². The Morgan fingerprint density at radius 2 is 1.03 bits per heavy atom. The van der Waals surface area contributed by atoms with E-state index in [0.717, 1.165) is 0 Å². The second kappa shape index (κ2) is 14.2. The number of carbonyl (C=O) groups excluding carboxylic acids is 3. The Balaban J connectivity index is 3.18. The van der Waals surface area contributed by atoms with E-state index in [1.54, 1.807) is 20.8 Å². The van der Waals surface area contributed by atoms with Gasteiger partial charge in [-0.2, -0.15) is 0 Å². The maximum absolute atomic E-state index is 13.2. The van der Waals surface area contributed by atoms with Crippen molar-refractivity contribution in [3.63, 3.8) is 0 Å². The van der Waals surface area contributed by atoms with Crippen molar-refractivity contribution in [3.05, 3.63) is 0 Å². The van der Waals surface area contributed by atoms with Gasteiger partial charge in [0, 0.05) is 45.7 Å². The third kappa shape index (κ3) is 15.2. The van der Waals surface area contributed by atoms with Crippen molar-refractivity contribution in [2.75, 3.05) is 52.4 Å². The third-order valence-corrected chi connectivity index (χ3v) is 5.44. The lowest BCUT2D eigenvalue weighted by atomic mass is 10.1. The fourth-order valence-electron chi connectivity index (χ4n) is 3.98. The molecule has 0 aromatic heterocycles. The van der Waals surface area contributed by atoms with E-state index < -0.39 is 34.8 Å². The van der Waals surface area contributed by atoms with Crippen LogP contribution in [0.5, 0.6) is 0 Å². The summed E-state index contributed by atoms with van der Waals surface area (Å²) in [5.41, 5.74) is -1.97. The number of carbonyl (C=O) groups is 4. The normalized spacial score (nSPS) is 18.0. The van der Waals surface area contributed by atoms with Gasteiger partial charge in [-0.15, -0.1) is 0 Å². The molecule has 11 nitrogen and oxygen atoms in total. The first-order chi connectivity index (χ1) is 17.2. The number of nitrogens with zero attached hydrogens (tertiary/aromatic N) is 3. The second-order valence-corrected chi connectivity index (χ2v) is 12.7. The number of rotatable bonds is 9. The van der Waals surface area contributed by atoms with E-state index >= 15 is 0 Å². The topological polar surface area (TPSA) is 126 Å². The Bertz CT molecular complexity index is 769. The molecule has 1 saturated heterocycles. The zero-order valence-corrected chi connectivity index (χ0v) is 24.8. The van der Waals surface area contributed by atoms with Crippen molar-refractivity contribution in [1.29, 1.82) is 0 Å². The maximum Gasteiger partial charge on any atom is 0.323 e. The van der Waals surface area contributed by atoms with Crippen LogP contribution in [0.2, 0.25) is 0 Å². The minimum atomic E-state index is -0.999. The molecule has 1 N–H and O–H groups in total. The van der Waals surface area contributed by atoms with Gasteiger partial charge in [-0.05, 0) is 68.7 Å². The van der Waals surface area contributed by atoms with Crippen molar-refractivity contribution in [1.82, 2.24) is 14.7 Å². The van der Waals surface area contributed by atoms with Gasteiger partial charge in [0.15, 0.2) is 0 Å². The van der Waals surface area contributed by atoms with Crippen LogP contribution in [0.15, 0.2) is 0 Å². The highest BCUT2D eigenvalue weighted by Gasteiger charge is 2.33. The molecule has 1 rings (SSSR count). The van der Waals surface area contributed by atoms with Crippen LogP contribution in [-0.2, 0) is 33.4 Å². The van der Waals surface area contributed by atoms with Crippen molar-refractivity contribution in [2.45, 2.75) is 98.0 Å². The first-order valence-corrected chi connectivity index (χ1v) is 13.3. The predicted octanol–water partition coefficient (Wildman–Crippen LogP) is 2.16. The summed E-state index contributed by atoms with van der Waals surface area (Å²) in [6, 6.07) is -0.782. The lowest BCUT2D eigenvalue weighted by Crippen LogP contribution is -2.49.